The van der Waals surface area contributed by atoms with Gasteiger partial charge in [-0.1, -0.05) is 110 Å². The molecule has 0 aliphatic heterocycles. The maximum absolute atomic E-state index is 11.0. The van der Waals surface area contributed by atoms with Crippen molar-refractivity contribution in [3.8, 4) is 0 Å². The Kier molecular flexibility index (Phi) is 21.3. The molecular formula is C24H48O3. The van der Waals surface area contributed by atoms with E-state index in [0.29, 0.717) is 6.42 Å². The van der Waals surface area contributed by atoms with Crippen LogP contribution in [0.3, 0.4) is 0 Å². The molecule has 0 aromatic heterocycles. The Morgan fingerprint density at radius 1 is 0.667 bits per heavy atom. The molecule has 27 heavy (non-hydrogen) atoms. The molecule has 1 N–H and O–H groups in total. The molecule has 0 rings (SSSR count). The second kappa shape index (κ2) is 21.7. The van der Waals surface area contributed by atoms with Crippen molar-refractivity contribution in [2.45, 2.75) is 141 Å². The number of hydrogen-bond acceptors (Lipinski definition) is 3. The number of methoxy groups -OCH3 is 1. The van der Waals surface area contributed by atoms with Gasteiger partial charge in [0.2, 0.25) is 0 Å². The molecule has 0 aliphatic rings. The third-order valence-corrected chi connectivity index (χ3v) is 5.54. The molecule has 3 nitrogen and oxygen atoms in total. The minimum absolute atomic E-state index is 0.0695. The highest BCUT2D eigenvalue weighted by Gasteiger charge is 2.04. The zero-order valence-corrected chi connectivity index (χ0v) is 18.5. The van der Waals surface area contributed by atoms with E-state index in [1.54, 1.807) is 0 Å². The van der Waals surface area contributed by atoms with Gasteiger partial charge >= 0.3 is 5.97 Å². The first-order chi connectivity index (χ1) is 13.2. The summed E-state index contributed by atoms with van der Waals surface area (Å²) in [5.41, 5.74) is 0. The maximum atomic E-state index is 11.0. The number of rotatable bonds is 21. The van der Waals surface area contributed by atoms with Crippen LogP contribution < -0.4 is 0 Å². The molecule has 0 aliphatic carbocycles. The van der Waals surface area contributed by atoms with Crippen LogP contribution in [0, 0.1) is 0 Å². The van der Waals surface area contributed by atoms with E-state index in [2.05, 4.69) is 11.7 Å². The number of unbranched alkanes of at least 4 members (excludes halogenated alkanes) is 15. The van der Waals surface area contributed by atoms with Crippen molar-refractivity contribution in [1.29, 1.82) is 0 Å². The Morgan fingerprint density at radius 3 is 1.44 bits per heavy atom. The quantitative estimate of drug-likeness (QED) is 0.166. The van der Waals surface area contributed by atoms with E-state index in [0.717, 1.165) is 25.7 Å². The van der Waals surface area contributed by atoms with Crippen LogP contribution in [-0.4, -0.2) is 24.3 Å². The summed E-state index contributed by atoms with van der Waals surface area (Å²) in [5, 5.41) is 10.1. The van der Waals surface area contributed by atoms with E-state index in [1.165, 1.54) is 103 Å². The van der Waals surface area contributed by atoms with Crippen molar-refractivity contribution in [3.63, 3.8) is 0 Å². The fraction of sp³-hybridized carbons (Fsp3) is 0.958. The van der Waals surface area contributed by atoms with E-state index < -0.39 is 0 Å². The second-order valence-electron chi connectivity index (χ2n) is 8.21. The van der Waals surface area contributed by atoms with Crippen molar-refractivity contribution in [2.75, 3.05) is 7.11 Å². The maximum Gasteiger partial charge on any atom is 0.305 e. The van der Waals surface area contributed by atoms with Crippen molar-refractivity contribution < 1.29 is 14.6 Å². The fourth-order valence-electron chi connectivity index (χ4n) is 3.65. The summed E-state index contributed by atoms with van der Waals surface area (Å²) in [6.07, 6.45) is 24.2. The van der Waals surface area contributed by atoms with Crippen molar-refractivity contribution in [1.82, 2.24) is 0 Å². The summed E-state index contributed by atoms with van der Waals surface area (Å²) in [6, 6.07) is 0. The van der Waals surface area contributed by atoms with Crippen LogP contribution in [0.2, 0.25) is 0 Å². The molecule has 0 bridgehead atoms. The van der Waals surface area contributed by atoms with E-state index in [1.807, 2.05) is 0 Å². The Hall–Kier alpha value is -0.570. The molecule has 0 saturated carbocycles. The van der Waals surface area contributed by atoms with Crippen molar-refractivity contribution in [3.05, 3.63) is 0 Å². The average Bonchev–Trinajstić information content (AvgIpc) is 2.67. The average molecular weight is 385 g/mol. The molecule has 1 unspecified atom stereocenters. The summed E-state index contributed by atoms with van der Waals surface area (Å²) in [4.78, 5) is 11.0. The zero-order chi connectivity index (χ0) is 20.0. The van der Waals surface area contributed by atoms with Crippen LogP contribution >= 0.6 is 0 Å². The van der Waals surface area contributed by atoms with Gasteiger partial charge in [0.1, 0.15) is 0 Å². The molecule has 0 saturated heterocycles. The van der Waals surface area contributed by atoms with Crippen LogP contribution in [0.15, 0.2) is 0 Å². The SMILES string of the molecule is CCCCCCCCCCC(O)CCCCCCCCCCCC(=O)OC. The Labute approximate surface area is 169 Å². The minimum atomic E-state index is -0.0837. The predicted octanol–water partition coefficient (Wildman–Crippen LogP) is 7.34. The molecule has 0 aromatic carbocycles. The van der Waals surface area contributed by atoms with Gasteiger partial charge in [0.05, 0.1) is 13.2 Å². The lowest BCUT2D eigenvalue weighted by atomic mass is 10.0. The number of carbonyl (C=O) groups excluding carboxylic acids is 1. The molecule has 1 atom stereocenters. The lowest BCUT2D eigenvalue weighted by Gasteiger charge is -2.10. The molecule has 0 spiro atoms. The Bertz CT molecular complexity index is 304. The molecule has 3 heteroatoms. The van der Waals surface area contributed by atoms with E-state index >= 15 is 0 Å². The number of hydrogen-bond donors (Lipinski definition) is 1. The zero-order valence-electron chi connectivity index (χ0n) is 18.5. The summed E-state index contributed by atoms with van der Waals surface area (Å²) in [5.74, 6) is -0.0837. The second-order valence-corrected chi connectivity index (χ2v) is 8.21. The summed E-state index contributed by atoms with van der Waals surface area (Å²) >= 11 is 0. The van der Waals surface area contributed by atoms with Gasteiger partial charge in [0.15, 0.2) is 0 Å². The third kappa shape index (κ3) is 21.6. The van der Waals surface area contributed by atoms with Gasteiger partial charge in [-0.2, -0.15) is 0 Å². The van der Waals surface area contributed by atoms with Crippen LogP contribution in [0.4, 0.5) is 0 Å². The number of carbonyl (C=O) groups is 1. The number of aliphatic hydroxyl groups excluding tert-OH is 1. The van der Waals surface area contributed by atoms with Gasteiger partial charge in [-0.15, -0.1) is 0 Å². The molecular weight excluding hydrogens is 336 g/mol. The van der Waals surface area contributed by atoms with Crippen LogP contribution in [0.5, 0.6) is 0 Å². The lowest BCUT2D eigenvalue weighted by molar-refractivity contribution is -0.140. The predicted molar refractivity (Wildman–Crippen MR) is 116 cm³/mol. The molecule has 0 fully saturated rings. The van der Waals surface area contributed by atoms with Gasteiger partial charge in [0, 0.05) is 6.42 Å². The van der Waals surface area contributed by atoms with Crippen molar-refractivity contribution >= 4 is 5.97 Å². The molecule has 0 heterocycles. The van der Waals surface area contributed by atoms with Crippen LogP contribution in [0.1, 0.15) is 135 Å². The number of aliphatic hydroxyl groups is 1. The summed E-state index contributed by atoms with van der Waals surface area (Å²) in [6.45, 7) is 2.26. The van der Waals surface area contributed by atoms with E-state index in [9.17, 15) is 9.90 Å². The van der Waals surface area contributed by atoms with Gasteiger partial charge in [-0.25, -0.2) is 0 Å². The van der Waals surface area contributed by atoms with Gasteiger partial charge in [-0.05, 0) is 19.3 Å². The van der Waals surface area contributed by atoms with Gasteiger partial charge < -0.3 is 9.84 Å². The topological polar surface area (TPSA) is 46.5 Å². The van der Waals surface area contributed by atoms with Crippen molar-refractivity contribution in [2.24, 2.45) is 0 Å². The smallest absolute Gasteiger partial charge is 0.305 e. The Balaban J connectivity index is 3.16. The highest BCUT2D eigenvalue weighted by atomic mass is 16.5. The first kappa shape index (κ1) is 26.4. The monoisotopic (exact) mass is 384 g/mol. The molecule has 162 valence electrons. The molecule has 0 aromatic rings. The summed E-state index contributed by atoms with van der Waals surface area (Å²) in [7, 11) is 1.46. The lowest BCUT2D eigenvalue weighted by Crippen LogP contribution is -2.05. The van der Waals surface area contributed by atoms with E-state index in [-0.39, 0.29) is 12.1 Å². The molecule has 0 radical (unpaired) electrons. The third-order valence-electron chi connectivity index (χ3n) is 5.54. The van der Waals surface area contributed by atoms with Crippen LogP contribution in [-0.2, 0) is 9.53 Å². The highest BCUT2D eigenvalue weighted by Crippen LogP contribution is 2.15. The fourth-order valence-corrected chi connectivity index (χ4v) is 3.65. The minimum Gasteiger partial charge on any atom is -0.469 e. The Morgan fingerprint density at radius 2 is 1.04 bits per heavy atom. The summed E-state index contributed by atoms with van der Waals surface area (Å²) < 4.78 is 4.64. The van der Waals surface area contributed by atoms with E-state index in [4.69, 9.17) is 0 Å². The normalized spacial score (nSPS) is 12.3. The van der Waals surface area contributed by atoms with Gasteiger partial charge in [-0.3, -0.25) is 4.79 Å². The largest absolute Gasteiger partial charge is 0.469 e. The standard InChI is InChI=1S/C24H48O3/c1-3-4-5-6-7-11-14-17-20-23(25)21-18-15-12-9-8-10-13-16-19-22-24(26)27-2/h23,25H,3-22H2,1-2H3. The first-order valence-electron chi connectivity index (χ1n) is 12.0. The highest BCUT2D eigenvalue weighted by molar-refractivity contribution is 5.68. The molecule has 0 amide bonds. The van der Waals surface area contributed by atoms with Gasteiger partial charge in [0.25, 0.3) is 0 Å². The first-order valence-corrected chi connectivity index (χ1v) is 12.0. The number of ether oxygens (including phenoxy) is 1. The van der Waals surface area contributed by atoms with Crippen LogP contribution in [0.25, 0.3) is 0 Å². The number of esters is 1.